The van der Waals surface area contributed by atoms with Gasteiger partial charge in [-0.15, -0.1) is 0 Å². The van der Waals surface area contributed by atoms with Gasteiger partial charge in [0.1, 0.15) is 0 Å². The van der Waals surface area contributed by atoms with E-state index in [1.807, 2.05) is 0 Å². The maximum Gasteiger partial charge on any atom is 0.277 e. The van der Waals surface area contributed by atoms with Gasteiger partial charge in [-0.2, -0.15) is 3.71 Å². The second kappa shape index (κ2) is 3.82. The molecule has 0 amide bonds. The Hall–Kier alpha value is -1.86. The Kier molecular flexibility index (Phi) is 2.45. The zero-order valence-corrected chi connectivity index (χ0v) is 11.2. The average Bonchev–Trinajstić information content (AvgIpc) is 2.38. The van der Waals surface area contributed by atoms with E-state index in [0.717, 1.165) is 0 Å². The van der Waals surface area contributed by atoms with Gasteiger partial charge in [0.25, 0.3) is 20.0 Å². The number of sulfonamides is 2. The quantitative estimate of drug-likeness (QED) is 0.801. The van der Waals surface area contributed by atoms with E-state index in [9.17, 15) is 16.8 Å². The lowest BCUT2D eigenvalue weighted by molar-refractivity contribution is 0.580. The molecule has 3 rings (SSSR count). The molecule has 0 fully saturated rings. The number of anilines is 1. The molecule has 2 aromatic carbocycles. The smallest absolute Gasteiger partial charge is 0.200 e. The van der Waals surface area contributed by atoms with Crippen LogP contribution in [0.15, 0.2) is 64.4 Å². The van der Waals surface area contributed by atoms with Crippen LogP contribution in [0.1, 0.15) is 0 Å². The van der Waals surface area contributed by atoms with E-state index in [4.69, 9.17) is 0 Å². The van der Waals surface area contributed by atoms with E-state index in [1.165, 1.54) is 36.4 Å². The second-order valence-electron chi connectivity index (χ2n) is 4.02. The van der Waals surface area contributed by atoms with Gasteiger partial charge in [-0.05, 0) is 30.3 Å². The third-order valence-electron chi connectivity index (χ3n) is 2.80. The van der Waals surface area contributed by atoms with Crippen molar-refractivity contribution in [1.29, 1.82) is 0 Å². The standard InChI is InChI=1S/C12H9NO4S2/c14-18(15)11-7-4-8-12(9-11)19(16,17)13(18)10-5-2-1-3-6-10/h1-9H. The summed E-state index contributed by atoms with van der Waals surface area (Å²) in [6.07, 6.45) is 0. The molecule has 0 saturated carbocycles. The Bertz CT molecular complexity index is 793. The van der Waals surface area contributed by atoms with Crippen molar-refractivity contribution >= 4 is 25.7 Å². The molecule has 0 aliphatic carbocycles. The highest BCUT2D eigenvalue weighted by molar-refractivity contribution is 8.10. The molecule has 19 heavy (non-hydrogen) atoms. The van der Waals surface area contributed by atoms with Crippen molar-refractivity contribution in [2.75, 3.05) is 3.71 Å². The van der Waals surface area contributed by atoms with Crippen LogP contribution in [0.5, 0.6) is 0 Å². The monoisotopic (exact) mass is 295 g/mol. The minimum Gasteiger partial charge on any atom is -0.200 e. The lowest BCUT2D eigenvalue weighted by Gasteiger charge is -2.27. The summed E-state index contributed by atoms with van der Waals surface area (Å²) in [5, 5.41) is 0. The fraction of sp³-hybridized carbons (Fsp3) is 0. The fourth-order valence-corrected chi connectivity index (χ4v) is 5.80. The third kappa shape index (κ3) is 1.66. The van der Waals surface area contributed by atoms with E-state index < -0.39 is 20.0 Å². The highest BCUT2D eigenvalue weighted by Crippen LogP contribution is 2.35. The lowest BCUT2D eigenvalue weighted by Crippen LogP contribution is -2.39. The van der Waals surface area contributed by atoms with Crippen LogP contribution in [-0.2, 0) is 20.0 Å². The maximum absolute atomic E-state index is 12.3. The number of rotatable bonds is 1. The van der Waals surface area contributed by atoms with Crippen LogP contribution in [0.25, 0.3) is 0 Å². The molecule has 7 heteroatoms. The van der Waals surface area contributed by atoms with E-state index in [2.05, 4.69) is 0 Å². The zero-order valence-electron chi connectivity index (χ0n) is 9.59. The van der Waals surface area contributed by atoms with Gasteiger partial charge < -0.3 is 0 Å². The third-order valence-corrected chi connectivity index (χ3v) is 6.98. The first kappa shape index (κ1) is 12.2. The Balaban J connectivity index is 2.38. The summed E-state index contributed by atoms with van der Waals surface area (Å²) in [5.41, 5.74) is 0.106. The van der Waals surface area contributed by atoms with Gasteiger partial charge in [0.2, 0.25) is 0 Å². The van der Waals surface area contributed by atoms with Gasteiger partial charge >= 0.3 is 0 Å². The van der Waals surface area contributed by atoms with E-state index in [-0.39, 0.29) is 15.5 Å². The van der Waals surface area contributed by atoms with Crippen LogP contribution in [0.3, 0.4) is 0 Å². The van der Waals surface area contributed by atoms with E-state index >= 15 is 0 Å². The normalized spacial score (nSPS) is 19.1. The van der Waals surface area contributed by atoms with Crippen LogP contribution in [0.4, 0.5) is 5.69 Å². The molecule has 1 aliphatic heterocycles. The molecule has 0 aromatic heterocycles. The molecule has 98 valence electrons. The summed E-state index contributed by atoms with van der Waals surface area (Å²) in [6, 6.07) is 13.1. The van der Waals surface area contributed by atoms with Crippen molar-refractivity contribution in [3.8, 4) is 0 Å². The molecule has 0 saturated heterocycles. The Labute approximate surface area is 111 Å². The first-order chi connectivity index (χ1) is 8.94. The number of benzene rings is 2. The largest absolute Gasteiger partial charge is 0.277 e. The fourth-order valence-electron chi connectivity index (χ4n) is 1.94. The van der Waals surface area contributed by atoms with Crippen LogP contribution in [0.2, 0.25) is 0 Å². The van der Waals surface area contributed by atoms with Gasteiger partial charge in [0.15, 0.2) is 0 Å². The van der Waals surface area contributed by atoms with Gasteiger partial charge in [0.05, 0.1) is 15.5 Å². The molecule has 0 atom stereocenters. The van der Waals surface area contributed by atoms with Crippen molar-refractivity contribution in [3.05, 3.63) is 54.6 Å². The van der Waals surface area contributed by atoms with Crippen LogP contribution >= 0.6 is 0 Å². The highest BCUT2D eigenvalue weighted by Gasteiger charge is 2.41. The first-order valence-corrected chi connectivity index (χ1v) is 8.28. The minimum atomic E-state index is -4.08. The highest BCUT2D eigenvalue weighted by atomic mass is 32.3. The summed E-state index contributed by atoms with van der Waals surface area (Å²) in [6.45, 7) is 0. The Morgan fingerprint density at radius 2 is 1.21 bits per heavy atom. The molecule has 2 bridgehead atoms. The molecule has 2 aromatic rings. The molecule has 1 aliphatic rings. The number of nitrogens with zero attached hydrogens (tertiary/aromatic N) is 1. The topological polar surface area (TPSA) is 71.5 Å². The number of fused-ring (bicyclic) bond motifs is 2. The van der Waals surface area contributed by atoms with Crippen molar-refractivity contribution in [3.63, 3.8) is 0 Å². The Morgan fingerprint density at radius 1 is 0.684 bits per heavy atom. The van der Waals surface area contributed by atoms with Crippen LogP contribution in [0, 0.1) is 0 Å². The molecule has 5 nitrogen and oxygen atoms in total. The van der Waals surface area contributed by atoms with Gasteiger partial charge in [-0.3, -0.25) is 0 Å². The number of hydrogen-bond donors (Lipinski definition) is 0. The summed E-state index contributed by atoms with van der Waals surface area (Å²) in [5.74, 6) is 0. The maximum atomic E-state index is 12.3. The zero-order chi connectivity index (χ0) is 13.7. The van der Waals surface area contributed by atoms with Gasteiger partial charge in [-0.25, -0.2) is 16.8 Å². The SMILES string of the molecule is O=S1(=O)c2cccc(c2)S(=O)(=O)N1c1ccccc1. The van der Waals surface area contributed by atoms with Crippen molar-refractivity contribution < 1.29 is 16.8 Å². The number of para-hydroxylation sites is 1. The molecule has 0 N–H and O–H groups in total. The van der Waals surface area contributed by atoms with Gasteiger partial charge in [0, 0.05) is 0 Å². The van der Waals surface area contributed by atoms with E-state index in [1.54, 1.807) is 18.2 Å². The minimum absolute atomic E-state index is 0.0244. The summed E-state index contributed by atoms with van der Waals surface area (Å²) < 4.78 is 49.8. The van der Waals surface area contributed by atoms with E-state index in [0.29, 0.717) is 3.71 Å². The molecular formula is C12H9NO4S2. The lowest BCUT2D eigenvalue weighted by atomic mass is 10.3. The average molecular weight is 295 g/mol. The Morgan fingerprint density at radius 3 is 1.74 bits per heavy atom. The van der Waals surface area contributed by atoms with Crippen LogP contribution in [-0.4, -0.2) is 16.8 Å². The summed E-state index contributed by atoms with van der Waals surface area (Å²) in [4.78, 5) is -0.0487. The van der Waals surface area contributed by atoms with Gasteiger partial charge in [-0.1, -0.05) is 24.3 Å². The second-order valence-corrected chi connectivity index (χ2v) is 7.82. The van der Waals surface area contributed by atoms with Crippen molar-refractivity contribution in [1.82, 2.24) is 0 Å². The molecule has 0 spiro atoms. The summed E-state index contributed by atoms with van der Waals surface area (Å²) in [7, 11) is -8.16. The summed E-state index contributed by atoms with van der Waals surface area (Å²) >= 11 is 0. The first-order valence-electron chi connectivity index (χ1n) is 5.40. The molecule has 0 unspecified atom stereocenters. The van der Waals surface area contributed by atoms with Crippen molar-refractivity contribution in [2.45, 2.75) is 9.79 Å². The number of hydrogen-bond acceptors (Lipinski definition) is 4. The predicted octanol–water partition coefficient (Wildman–Crippen LogP) is 1.58. The van der Waals surface area contributed by atoms with Crippen molar-refractivity contribution in [2.24, 2.45) is 0 Å². The molecular weight excluding hydrogens is 286 g/mol. The molecule has 0 radical (unpaired) electrons. The van der Waals surface area contributed by atoms with Crippen LogP contribution < -0.4 is 3.71 Å². The predicted molar refractivity (Wildman–Crippen MR) is 69.7 cm³/mol. The molecule has 1 heterocycles.